The van der Waals surface area contributed by atoms with E-state index in [0.717, 1.165) is 44.4 Å². The lowest BCUT2D eigenvalue weighted by atomic mass is 10.1. The largest absolute Gasteiger partial charge is 0.496 e. The Labute approximate surface area is 116 Å². The Balaban J connectivity index is 1.60. The van der Waals surface area contributed by atoms with Crippen molar-refractivity contribution in [2.24, 2.45) is 5.92 Å². The van der Waals surface area contributed by atoms with E-state index in [1.807, 2.05) is 6.07 Å². The van der Waals surface area contributed by atoms with Crippen molar-refractivity contribution in [3.8, 4) is 5.75 Å². The molecule has 1 fully saturated rings. The molecule has 1 aromatic carbocycles. The van der Waals surface area contributed by atoms with Crippen molar-refractivity contribution < 1.29 is 9.47 Å². The van der Waals surface area contributed by atoms with Gasteiger partial charge in [0.1, 0.15) is 5.75 Å². The van der Waals surface area contributed by atoms with Gasteiger partial charge in [0.05, 0.1) is 7.11 Å². The average Bonchev–Trinajstić information content (AvgIpc) is 3.22. The van der Waals surface area contributed by atoms with Gasteiger partial charge in [-0.1, -0.05) is 17.7 Å². The van der Waals surface area contributed by atoms with Gasteiger partial charge in [-0.3, -0.25) is 0 Å². The number of rotatable bonds is 9. The van der Waals surface area contributed by atoms with Crippen LogP contribution in [0, 0.1) is 12.8 Å². The van der Waals surface area contributed by atoms with E-state index in [9.17, 15) is 0 Å². The van der Waals surface area contributed by atoms with E-state index in [0.29, 0.717) is 0 Å². The van der Waals surface area contributed by atoms with E-state index in [1.54, 1.807) is 7.11 Å². The minimum absolute atomic E-state index is 0.855. The fraction of sp³-hybridized carbons (Fsp3) is 0.625. The quantitative estimate of drug-likeness (QED) is 0.695. The molecule has 1 N–H and O–H groups in total. The second-order valence-electron chi connectivity index (χ2n) is 5.36. The molecule has 1 aromatic rings. The second-order valence-corrected chi connectivity index (χ2v) is 5.36. The van der Waals surface area contributed by atoms with Crippen molar-refractivity contribution in [1.82, 2.24) is 5.32 Å². The summed E-state index contributed by atoms with van der Waals surface area (Å²) in [6.07, 6.45) is 3.80. The zero-order chi connectivity index (χ0) is 13.5. The summed E-state index contributed by atoms with van der Waals surface area (Å²) in [6.45, 7) is 5.78. The van der Waals surface area contributed by atoms with Gasteiger partial charge in [-0.05, 0) is 44.7 Å². The zero-order valence-corrected chi connectivity index (χ0v) is 12.1. The molecule has 1 aliphatic rings. The Morgan fingerprint density at radius 2 is 2.16 bits per heavy atom. The van der Waals surface area contributed by atoms with Crippen LogP contribution >= 0.6 is 0 Å². The number of hydrogen-bond acceptors (Lipinski definition) is 3. The van der Waals surface area contributed by atoms with E-state index in [1.165, 1.54) is 24.0 Å². The first kappa shape index (κ1) is 14.4. The summed E-state index contributed by atoms with van der Waals surface area (Å²) in [4.78, 5) is 0. The third-order valence-corrected chi connectivity index (χ3v) is 3.44. The molecule has 0 bridgehead atoms. The smallest absolute Gasteiger partial charge is 0.123 e. The summed E-state index contributed by atoms with van der Waals surface area (Å²) < 4.78 is 11.0. The van der Waals surface area contributed by atoms with Crippen LogP contribution in [0.3, 0.4) is 0 Å². The maximum Gasteiger partial charge on any atom is 0.123 e. The number of benzene rings is 1. The Morgan fingerprint density at radius 3 is 2.89 bits per heavy atom. The molecule has 1 aliphatic carbocycles. The van der Waals surface area contributed by atoms with E-state index in [2.05, 4.69) is 24.4 Å². The molecule has 0 radical (unpaired) electrons. The Hall–Kier alpha value is -1.06. The molecule has 19 heavy (non-hydrogen) atoms. The first-order chi connectivity index (χ1) is 9.29. The van der Waals surface area contributed by atoms with Crippen LogP contribution in [-0.2, 0) is 11.3 Å². The molecule has 106 valence electrons. The van der Waals surface area contributed by atoms with Gasteiger partial charge in [0, 0.05) is 25.3 Å². The third kappa shape index (κ3) is 5.21. The maximum atomic E-state index is 5.61. The molecule has 3 nitrogen and oxygen atoms in total. The predicted molar refractivity (Wildman–Crippen MR) is 77.6 cm³/mol. The molecule has 0 spiro atoms. The summed E-state index contributed by atoms with van der Waals surface area (Å²) in [7, 11) is 1.72. The minimum Gasteiger partial charge on any atom is -0.496 e. The summed E-state index contributed by atoms with van der Waals surface area (Å²) in [5.41, 5.74) is 2.49. The molecule has 3 heteroatoms. The molecule has 1 saturated carbocycles. The van der Waals surface area contributed by atoms with E-state index < -0.39 is 0 Å². The van der Waals surface area contributed by atoms with Crippen LogP contribution in [0.15, 0.2) is 18.2 Å². The van der Waals surface area contributed by atoms with Gasteiger partial charge < -0.3 is 14.8 Å². The molecule has 0 atom stereocenters. The van der Waals surface area contributed by atoms with Crippen molar-refractivity contribution in [2.75, 3.05) is 26.9 Å². The number of ether oxygens (including phenoxy) is 2. The highest BCUT2D eigenvalue weighted by Crippen LogP contribution is 2.28. The highest BCUT2D eigenvalue weighted by atomic mass is 16.5. The third-order valence-electron chi connectivity index (χ3n) is 3.44. The van der Waals surface area contributed by atoms with Gasteiger partial charge in [0.25, 0.3) is 0 Å². The number of hydrogen-bond donors (Lipinski definition) is 1. The maximum absolute atomic E-state index is 5.61. The molecule has 0 unspecified atom stereocenters. The topological polar surface area (TPSA) is 30.5 Å². The lowest BCUT2D eigenvalue weighted by Gasteiger charge is -2.10. The van der Waals surface area contributed by atoms with Gasteiger partial charge in [-0.15, -0.1) is 0 Å². The predicted octanol–water partition coefficient (Wildman–Crippen LogP) is 2.91. The molecular weight excluding hydrogens is 238 g/mol. The molecule has 0 aromatic heterocycles. The normalized spacial score (nSPS) is 14.6. The van der Waals surface area contributed by atoms with E-state index in [4.69, 9.17) is 9.47 Å². The minimum atomic E-state index is 0.855. The highest BCUT2D eigenvalue weighted by Gasteiger charge is 2.20. The second kappa shape index (κ2) is 7.51. The summed E-state index contributed by atoms with van der Waals surface area (Å²) in [5.74, 6) is 1.83. The zero-order valence-electron chi connectivity index (χ0n) is 12.1. The number of aryl methyl sites for hydroxylation is 1. The van der Waals surface area contributed by atoms with Crippen LogP contribution in [-0.4, -0.2) is 26.9 Å². The van der Waals surface area contributed by atoms with Crippen molar-refractivity contribution in [3.05, 3.63) is 29.3 Å². The molecule has 0 aliphatic heterocycles. The molecule has 0 heterocycles. The van der Waals surface area contributed by atoms with E-state index >= 15 is 0 Å². The van der Waals surface area contributed by atoms with Gasteiger partial charge >= 0.3 is 0 Å². The number of nitrogens with one attached hydrogen (secondary N) is 1. The van der Waals surface area contributed by atoms with Gasteiger partial charge in [0.2, 0.25) is 0 Å². The average molecular weight is 263 g/mol. The standard InChI is InChI=1S/C16H25NO2/c1-13-4-7-16(18-2)15(10-13)11-17-8-3-9-19-12-14-5-6-14/h4,7,10,14,17H,3,5-6,8-9,11-12H2,1-2H3. The molecular formula is C16H25NO2. The first-order valence-corrected chi connectivity index (χ1v) is 7.21. The lowest BCUT2D eigenvalue weighted by molar-refractivity contribution is 0.122. The molecule has 0 amide bonds. The van der Waals surface area contributed by atoms with Crippen LogP contribution < -0.4 is 10.1 Å². The van der Waals surface area contributed by atoms with Gasteiger partial charge in [-0.25, -0.2) is 0 Å². The fourth-order valence-corrected chi connectivity index (χ4v) is 2.10. The highest BCUT2D eigenvalue weighted by molar-refractivity contribution is 5.36. The van der Waals surface area contributed by atoms with Crippen molar-refractivity contribution >= 4 is 0 Å². The fourth-order valence-electron chi connectivity index (χ4n) is 2.10. The lowest BCUT2D eigenvalue weighted by Crippen LogP contribution is -2.17. The van der Waals surface area contributed by atoms with Crippen LogP contribution in [0.25, 0.3) is 0 Å². The SMILES string of the molecule is COc1ccc(C)cc1CNCCCOCC1CC1. The van der Waals surface area contributed by atoms with Crippen LogP contribution in [0.2, 0.25) is 0 Å². The molecule has 0 saturated heterocycles. The van der Waals surface area contributed by atoms with Crippen LogP contribution in [0.5, 0.6) is 5.75 Å². The van der Waals surface area contributed by atoms with Crippen LogP contribution in [0.1, 0.15) is 30.4 Å². The van der Waals surface area contributed by atoms with Crippen molar-refractivity contribution in [2.45, 2.75) is 32.7 Å². The Bertz CT molecular complexity index is 388. The van der Waals surface area contributed by atoms with Crippen molar-refractivity contribution in [3.63, 3.8) is 0 Å². The van der Waals surface area contributed by atoms with Gasteiger partial charge in [-0.2, -0.15) is 0 Å². The first-order valence-electron chi connectivity index (χ1n) is 7.21. The summed E-state index contributed by atoms with van der Waals surface area (Å²) >= 11 is 0. The Morgan fingerprint density at radius 1 is 1.32 bits per heavy atom. The monoisotopic (exact) mass is 263 g/mol. The molecule has 2 rings (SSSR count). The number of methoxy groups -OCH3 is 1. The van der Waals surface area contributed by atoms with Gasteiger partial charge in [0.15, 0.2) is 0 Å². The van der Waals surface area contributed by atoms with Crippen molar-refractivity contribution in [1.29, 1.82) is 0 Å². The Kier molecular flexibility index (Phi) is 5.67. The summed E-state index contributed by atoms with van der Waals surface area (Å²) in [5, 5.41) is 3.45. The summed E-state index contributed by atoms with van der Waals surface area (Å²) in [6, 6.07) is 6.29. The van der Waals surface area contributed by atoms with E-state index in [-0.39, 0.29) is 0 Å². The van der Waals surface area contributed by atoms with Crippen LogP contribution in [0.4, 0.5) is 0 Å².